The Balaban J connectivity index is 1.64. The second-order valence-corrected chi connectivity index (χ2v) is 10.6. The highest BCUT2D eigenvalue weighted by molar-refractivity contribution is 6.04. The molecule has 40 heavy (non-hydrogen) atoms. The lowest BCUT2D eigenvalue weighted by atomic mass is 10.00. The van der Waals surface area contributed by atoms with E-state index in [1.54, 1.807) is 13.2 Å². The van der Waals surface area contributed by atoms with Gasteiger partial charge in [-0.05, 0) is 94.1 Å². The standard InChI is InChI=1S/C31H40FN5O3/c1-6-37(14-15-39-5)28-17-23(18-29(36-28)40-20-25-8-7-12-33-25)26-19-24(10-9-21(26)2)35-30(38)22-11-13-34-27(16-22)31(3,4)32/h9-11,13,16-19,25,33H,6-8,12,14-15,20H2,1-5H3,(H,35,38). The largest absolute Gasteiger partial charge is 0.476 e. The van der Waals surface area contributed by atoms with Crippen molar-refractivity contribution < 1.29 is 18.7 Å². The van der Waals surface area contributed by atoms with Crippen LogP contribution >= 0.6 is 0 Å². The average Bonchev–Trinajstić information content (AvgIpc) is 3.47. The fraction of sp³-hybridized carbons (Fsp3) is 0.452. The number of nitrogens with zero attached hydrogens (tertiary/aromatic N) is 3. The molecule has 1 aliphatic heterocycles. The number of pyridine rings is 2. The van der Waals surface area contributed by atoms with Crippen molar-refractivity contribution in [2.24, 2.45) is 0 Å². The first-order chi connectivity index (χ1) is 19.2. The molecule has 0 bridgehead atoms. The van der Waals surface area contributed by atoms with Crippen LogP contribution in [-0.2, 0) is 10.4 Å². The van der Waals surface area contributed by atoms with Crippen molar-refractivity contribution in [2.75, 3.05) is 50.2 Å². The van der Waals surface area contributed by atoms with Gasteiger partial charge in [-0.15, -0.1) is 0 Å². The molecule has 1 atom stereocenters. The van der Waals surface area contributed by atoms with Crippen LogP contribution in [0.3, 0.4) is 0 Å². The third-order valence-corrected chi connectivity index (χ3v) is 7.09. The molecule has 1 aromatic carbocycles. The van der Waals surface area contributed by atoms with Crippen molar-refractivity contribution in [1.29, 1.82) is 0 Å². The highest BCUT2D eigenvalue weighted by Crippen LogP contribution is 2.32. The number of likely N-dealkylation sites (N-methyl/N-ethyl adjacent to an activating group) is 1. The van der Waals surface area contributed by atoms with Crippen LogP contribution in [0, 0.1) is 6.92 Å². The zero-order valence-electron chi connectivity index (χ0n) is 24.1. The van der Waals surface area contributed by atoms with Gasteiger partial charge in [0, 0.05) is 49.8 Å². The van der Waals surface area contributed by atoms with E-state index >= 15 is 0 Å². The number of halogens is 1. The van der Waals surface area contributed by atoms with Crippen molar-refractivity contribution in [3.63, 3.8) is 0 Å². The van der Waals surface area contributed by atoms with E-state index in [0.29, 0.717) is 42.9 Å². The molecule has 0 saturated carbocycles. The number of carbonyl (C=O) groups excluding carboxylic acids is 1. The van der Waals surface area contributed by atoms with E-state index in [1.807, 2.05) is 37.3 Å². The number of carbonyl (C=O) groups is 1. The van der Waals surface area contributed by atoms with Crippen molar-refractivity contribution in [3.05, 3.63) is 65.5 Å². The summed E-state index contributed by atoms with van der Waals surface area (Å²) in [7, 11) is 1.69. The second kappa shape index (κ2) is 13.2. The molecule has 8 nitrogen and oxygen atoms in total. The Morgan fingerprint density at radius 1 is 1.23 bits per heavy atom. The highest BCUT2D eigenvalue weighted by atomic mass is 19.1. The topological polar surface area (TPSA) is 88.6 Å². The van der Waals surface area contributed by atoms with Gasteiger partial charge in [-0.1, -0.05) is 6.07 Å². The first kappa shape index (κ1) is 29.4. The molecule has 1 fully saturated rings. The van der Waals surface area contributed by atoms with E-state index in [2.05, 4.69) is 27.4 Å². The summed E-state index contributed by atoms with van der Waals surface area (Å²) >= 11 is 0. The van der Waals surface area contributed by atoms with E-state index < -0.39 is 5.67 Å². The molecule has 1 unspecified atom stereocenters. The lowest BCUT2D eigenvalue weighted by molar-refractivity contribution is 0.102. The van der Waals surface area contributed by atoms with Crippen LogP contribution in [0.2, 0.25) is 0 Å². The number of benzene rings is 1. The quantitative estimate of drug-likeness (QED) is 0.308. The summed E-state index contributed by atoms with van der Waals surface area (Å²) in [5.41, 5.74) is 2.48. The predicted molar refractivity (Wildman–Crippen MR) is 157 cm³/mol. The fourth-order valence-electron chi connectivity index (χ4n) is 4.71. The minimum absolute atomic E-state index is 0.211. The first-order valence-electron chi connectivity index (χ1n) is 13.9. The van der Waals surface area contributed by atoms with Crippen LogP contribution in [-0.4, -0.2) is 61.9 Å². The Morgan fingerprint density at radius 2 is 2.05 bits per heavy atom. The molecule has 9 heteroatoms. The van der Waals surface area contributed by atoms with Crippen LogP contribution in [0.15, 0.2) is 48.7 Å². The monoisotopic (exact) mass is 549 g/mol. The van der Waals surface area contributed by atoms with E-state index in [9.17, 15) is 9.18 Å². The number of rotatable bonds is 12. The van der Waals surface area contributed by atoms with Gasteiger partial charge in [0.2, 0.25) is 5.88 Å². The number of alkyl halides is 1. The molecule has 0 radical (unpaired) electrons. The fourth-order valence-corrected chi connectivity index (χ4v) is 4.71. The normalized spacial score (nSPS) is 15.2. The summed E-state index contributed by atoms with van der Waals surface area (Å²) in [4.78, 5) is 24.1. The summed E-state index contributed by atoms with van der Waals surface area (Å²) in [6.45, 7) is 10.6. The Bertz CT molecular complexity index is 1300. The predicted octanol–water partition coefficient (Wildman–Crippen LogP) is 5.51. The zero-order valence-corrected chi connectivity index (χ0v) is 24.1. The summed E-state index contributed by atoms with van der Waals surface area (Å²) in [5.74, 6) is 1.03. The molecule has 1 saturated heterocycles. The number of anilines is 2. The number of hydrogen-bond donors (Lipinski definition) is 2. The molecule has 0 aliphatic carbocycles. The molecule has 4 rings (SSSR count). The van der Waals surface area contributed by atoms with Gasteiger partial charge in [0.15, 0.2) is 0 Å². The van der Waals surface area contributed by atoms with E-state index in [0.717, 1.165) is 48.4 Å². The van der Waals surface area contributed by atoms with E-state index in [-0.39, 0.29) is 11.6 Å². The minimum Gasteiger partial charge on any atom is -0.476 e. The molecule has 2 aromatic heterocycles. The number of amides is 1. The summed E-state index contributed by atoms with van der Waals surface area (Å²) in [5, 5.41) is 6.42. The third kappa shape index (κ3) is 7.55. The van der Waals surface area contributed by atoms with E-state index in [1.165, 1.54) is 26.1 Å². The maximum absolute atomic E-state index is 14.4. The van der Waals surface area contributed by atoms with E-state index in [4.69, 9.17) is 14.5 Å². The zero-order chi connectivity index (χ0) is 28.7. The molecule has 214 valence electrons. The number of methoxy groups -OCH3 is 1. The molecule has 2 N–H and O–H groups in total. The van der Waals surface area contributed by atoms with Crippen molar-refractivity contribution in [1.82, 2.24) is 15.3 Å². The number of nitrogens with one attached hydrogen (secondary N) is 2. The van der Waals surface area contributed by atoms with Gasteiger partial charge in [-0.25, -0.2) is 4.39 Å². The molecule has 0 spiro atoms. The third-order valence-electron chi connectivity index (χ3n) is 7.09. The Hall–Kier alpha value is -3.56. The summed E-state index contributed by atoms with van der Waals surface area (Å²) in [6, 6.07) is 13.2. The summed E-state index contributed by atoms with van der Waals surface area (Å²) < 4.78 is 25.9. The maximum Gasteiger partial charge on any atom is 0.255 e. The van der Waals surface area contributed by atoms with Gasteiger partial charge in [0.25, 0.3) is 5.91 Å². The number of hydrogen-bond acceptors (Lipinski definition) is 7. The van der Waals surface area contributed by atoms with Gasteiger partial charge in [0.1, 0.15) is 18.1 Å². The molecule has 3 heterocycles. The van der Waals surface area contributed by atoms with Crippen molar-refractivity contribution in [2.45, 2.75) is 52.2 Å². The molecule has 1 aliphatic rings. The van der Waals surface area contributed by atoms with Crippen LogP contribution in [0.1, 0.15) is 55.2 Å². The molecule has 3 aromatic rings. The lowest BCUT2D eigenvalue weighted by Gasteiger charge is -2.23. The van der Waals surface area contributed by atoms with Crippen LogP contribution in [0.4, 0.5) is 15.9 Å². The maximum atomic E-state index is 14.4. The Kier molecular flexibility index (Phi) is 9.71. The Labute approximate surface area is 236 Å². The first-order valence-corrected chi connectivity index (χ1v) is 13.9. The summed E-state index contributed by atoms with van der Waals surface area (Å²) in [6.07, 6.45) is 3.69. The average molecular weight is 550 g/mol. The number of aryl methyl sites for hydroxylation is 1. The molecular weight excluding hydrogens is 509 g/mol. The second-order valence-electron chi connectivity index (χ2n) is 10.6. The number of aromatic nitrogens is 2. The van der Waals surface area contributed by atoms with Gasteiger partial charge in [-0.3, -0.25) is 9.78 Å². The molecule has 1 amide bonds. The van der Waals surface area contributed by atoms with Gasteiger partial charge >= 0.3 is 0 Å². The smallest absolute Gasteiger partial charge is 0.255 e. The highest BCUT2D eigenvalue weighted by Gasteiger charge is 2.22. The van der Waals surface area contributed by atoms with Crippen molar-refractivity contribution in [3.8, 4) is 17.0 Å². The van der Waals surface area contributed by atoms with Gasteiger partial charge < -0.3 is 25.0 Å². The van der Waals surface area contributed by atoms with Crippen LogP contribution in [0.25, 0.3) is 11.1 Å². The SMILES string of the molecule is CCN(CCOC)c1cc(-c2cc(NC(=O)c3ccnc(C(C)(C)F)c3)ccc2C)cc(OCC2CCCN2)n1. The van der Waals surface area contributed by atoms with Crippen LogP contribution in [0.5, 0.6) is 5.88 Å². The van der Waals surface area contributed by atoms with Crippen molar-refractivity contribution >= 4 is 17.4 Å². The Morgan fingerprint density at radius 3 is 2.75 bits per heavy atom. The lowest BCUT2D eigenvalue weighted by Crippen LogP contribution is -2.29. The number of ether oxygens (including phenoxy) is 2. The van der Waals surface area contributed by atoms with Crippen LogP contribution < -0.4 is 20.3 Å². The van der Waals surface area contributed by atoms with Gasteiger partial charge in [-0.2, -0.15) is 4.98 Å². The van der Waals surface area contributed by atoms with Gasteiger partial charge in [0.05, 0.1) is 12.3 Å². The minimum atomic E-state index is -1.64. The molecular formula is C31H40FN5O3.